The predicted octanol–water partition coefficient (Wildman–Crippen LogP) is 4.78. The molecule has 9 nitrogen and oxygen atoms in total. The van der Waals surface area contributed by atoms with Crippen LogP contribution in [0.4, 0.5) is 34.5 Å². The number of nitrogens with one attached hydrogen (secondary N) is 2. The molecule has 0 fully saturated rings. The van der Waals surface area contributed by atoms with Crippen molar-refractivity contribution in [1.29, 1.82) is 0 Å². The van der Waals surface area contributed by atoms with E-state index in [2.05, 4.69) is 59.1 Å². The van der Waals surface area contributed by atoms with Crippen LogP contribution >= 0.6 is 0 Å². The number of carbonyl (C=O) groups excluding carboxylic acids is 1. The van der Waals surface area contributed by atoms with Crippen LogP contribution in [0.15, 0.2) is 61.3 Å². The number of carbonyl (C=O) groups is 1. The summed E-state index contributed by atoms with van der Waals surface area (Å²) in [5.41, 5.74) is 4.03. The van der Waals surface area contributed by atoms with Crippen molar-refractivity contribution < 1.29 is 13.6 Å². The van der Waals surface area contributed by atoms with Crippen molar-refractivity contribution in [1.82, 2.24) is 14.9 Å². The molecule has 3 aromatic rings. The molecule has 0 bridgehead atoms. The molecule has 1 aromatic heterocycles. The highest BCUT2D eigenvalue weighted by Gasteiger charge is 2.36. The van der Waals surface area contributed by atoms with Crippen molar-refractivity contribution >= 4 is 40.4 Å². The Kier molecular flexibility index (Phi) is 6.73. The second-order valence-corrected chi connectivity index (χ2v) is 9.96. The number of ether oxygens (including phenoxy) is 1. The highest BCUT2D eigenvalue weighted by molar-refractivity contribution is 6.02. The van der Waals surface area contributed by atoms with E-state index in [0.717, 1.165) is 18.1 Å². The molecule has 200 valence electrons. The Morgan fingerprint density at radius 1 is 1.24 bits per heavy atom. The first kappa shape index (κ1) is 23.0. The first-order chi connectivity index (χ1) is 19.3. The van der Waals surface area contributed by atoms with E-state index < -0.39 is 6.98 Å². The predicted molar refractivity (Wildman–Crippen MR) is 155 cm³/mol. The Bertz CT molecular complexity index is 1430. The third-order valence-electron chi connectivity index (χ3n) is 6.58. The topological polar surface area (TPSA) is 85.9 Å². The van der Waals surface area contributed by atoms with Gasteiger partial charge in [-0.05, 0) is 43.9 Å². The number of hydrogen-bond acceptors (Lipinski definition) is 8. The fraction of sp³-hybridized carbons (Fsp3) is 0.345. The summed E-state index contributed by atoms with van der Waals surface area (Å²) in [6, 6.07) is 13.7. The van der Waals surface area contributed by atoms with Crippen LogP contribution in [0, 0.1) is 0 Å². The van der Waals surface area contributed by atoms with Crippen molar-refractivity contribution in [2.45, 2.75) is 19.3 Å². The molecule has 0 unspecified atom stereocenters. The lowest BCUT2D eigenvalue weighted by molar-refractivity contribution is -0.111. The van der Waals surface area contributed by atoms with Crippen molar-refractivity contribution in [3.63, 3.8) is 0 Å². The summed E-state index contributed by atoms with van der Waals surface area (Å²) in [6.45, 7) is 7.24. The molecule has 38 heavy (non-hydrogen) atoms. The lowest BCUT2D eigenvalue weighted by Gasteiger charge is -2.26. The van der Waals surface area contributed by atoms with Gasteiger partial charge in [0.25, 0.3) is 0 Å². The van der Waals surface area contributed by atoms with Gasteiger partial charge in [-0.2, -0.15) is 4.98 Å². The zero-order chi connectivity index (χ0) is 29.9. The van der Waals surface area contributed by atoms with Crippen LogP contribution in [0.2, 0.25) is 0 Å². The quantitative estimate of drug-likeness (QED) is 0.371. The number of fused-ring (bicyclic) bond motifs is 1. The Morgan fingerprint density at radius 2 is 2.03 bits per heavy atom. The average molecular weight is 519 g/mol. The second-order valence-electron chi connectivity index (χ2n) is 9.96. The van der Waals surface area contributed by atoms with Gasteiger partial charge in [0.05, 0.1) is 24.2 Å². The monoisotopic (exact) mass is 518 g/mol. The maximum Gasteiger partial charge on any atom is 0.247 e. The van der Waals surface area contributed by atoms with Gasteiger partial charge < -0.3 is 30.1 Å². The van der Waals surface area contributed by atoms with E-state index in [4.69, 9.17) is 13.8 Å². The third-order valence-corrected chi connectivity index (χ3v) is 6.58. The number of benzene rings is 2. The third kappa shape index (κ3) is 5.73. The van der Waals surface area contributed by atoms with E-state index in [-0.39, 0.29) is 17.9 Å². The van der Waals surface area contributed by atoms with Crippen molar-refractivity contribution in [2.24, 2.45) is 0 Å². The van der Waals surface area contributed by atoms with E-state index in [0.29, 0.717) is 35.3 Å². The molecule has 0 radical (unpaired) electrons. The number of aromatic nitrogens is 2. The lowest BCUT2D eigenvalue weighted by Crippen LogP contribution is -2.29. The molecule has 1 aliphatic heterocycles. The van der Waals surface area contributed by atoms with Gasteiger partial charge in [0, 0.05) is 54.2 Å². The molecule has 0 saturated carbocycles. The minimum atomic E-state index is -2.20. The van der Waals surface area contributed by atoms with Gasteiger partial charge in [0.1, 0.15) is 11.6 Å². The summed E-state index contributed by atoms with van der Waals surface area (Å²) < 4.78 is 28.5. The lowest BCUT2D eigenvalue weighted by atomic mass is 9.87. The van der Waals surface area contributed by atoms with Crippen molar-refractivity contribution in [3.05, 3.63) is 66.9 Å². The summed E-state index contributed by atoms with van der Waals surface area (Å²) >= 11 is 0. The van der Waals surface area contributed by atoms with Crippen LogP contribution in [0.5, 0.6) is 5.75 Å². The molecular weight excluding hydrogens is 478 g/mol. The number of methoxy groups -OCH3 is 1. The van der Waals surface area contributed by atoms with Crippen LogP contribution in [-0.4, -0.2) is 68.6 Å². The molecule has 2 heterocycles. The van der Waals surface area contributed by atoms with Crippen LogP contribution in [0.3, 0.4) is 0 Å². The second kappa shape index (κ2) is 11.1. The van der Waals surface area contributed by atoms with Crippen LogP contribution in [0.1, 0.15) is 23.5 Å². The van der Waals surface area contributed by atoms with Gasteiger partial charge in [-0.3, -0.25) is 4.79 Å². The van der Waals surface area contributed by atoms with E-state index >= 15 is 0 Å². The molecular formula is C29H37N7O2. The van der Waals surface area contributed by atoms with Crippen molar-refractivity contribution in [3.8, 4) is 5.75 Å². The summed E-state index contributed by atoms with van der Waals surface area (Å²) in [5.74, 6) is 1.23. The Hall–Kier alpha value is -4.11. The molecule has 0 atom stereocenters. The number of likely N-dealkylation sites (N-methyl/N-ethyl adjacent to an activating group) is 2. The Balaban J connectivity index is 1.65. The fourth-order valence-corrected chi connectivity index (χ4v) is 4.59. The highest BCUT2D eigenvalue weighted by atomic mass is 16.5. The molecule has 1 amide bonds. The maximum absolute atomic E-state index is 12.3. The first-order valence-corrected chi connectivity index (χ1v) is 12.4. The van der Waals surface area contributed by atoms with E-state index in [1.807, 2.05) is 24.1 Å². The van der Waals surface area contributed by atoms with E-state index in [9.17, 15) is 4.79 Å². The normalized spacial score (nSPS) is 15.2. The van der Waals surface area contributed by atoms with Gasteiger partial charge in [-0.25, -0.2) is 4.98 Å². The van der Waals surface area contributed by atoms with Gasteiger partial charge >= 0.3 is 0 Å². The molecule has 1 aliphatic rings. The number of rotatable bonds is 10. The standard InChI is InChI=1S/C29H37N7O2/c1-8-27(37)31-21-17-22(25(38-7)18-24(21)35(6)16-15-34(4)5)32-28-30-14-13-26(33-28)36-19-29(2,3)20-11-9-10-12-23(20)36/h8-14,17-18H,1,15-16,19H2,2-7H3,(H,31,37)(H,30,32,33)/i4D3. The number of anilines is 6. The van der Waals surface area contributed by atoms with Gasteiger partial charge in [-0.15, -0.1) is 0 Å². The molecule has 0 saturated heterocycles. The average Bonchev–Trinajstić information content (AvgIpc) is 3.22. The van der Waals surface area contributed by atoms with Crippen molar-refractivity contribution in [2.75, 3.05) is 68.2 Å². The van der Waals surface area contributed by atoms with Crippen LogP contribution < -0.4 is 25.2 Å². The zero-order valence-electron chi connectivity index (χ0n) is 25.6. The number of amides is 1. The molecule has 0 spiro atoms. The van der Waals surface area contributed by atoms with Crippen LogP contribution in [-0.2, 0) is 10.2 Å². The van der Waals surface area contributed by atoms with E-state index in [1.54, 1.807) is 32.5 Å². The number of hydrogen-bond donors (Lipinski definition) is 2. The first-order valence-electron chi connectivity index (χ1n) is 13.9. The number of nitrogens with zero attached hydrogens (tertiary/aromatic N) is 5. The molecule has 0 aliphatic carbocycles. The van der Waals surface area contributed by atoms with Gasteiger partial charge in [0.2, 0.25) is 11.9 Å². The maximum atomic E-state index is 12.3. The zero-order valence-corrected chi connectivity index (χ0v) is 22.6. The molecule has 4 rings (SSSR count). The smallest absolute Gasteiger partial charge is 0.247 e. The Labute approximate surface area is 229 Å². The minimum absolute atomic E-state index is 0.0310. The summed E-state index contributed by atoms with van der Waals surface area (Å²) in [7, 11) is 4.92. The largest absolute Gasteiger partial charge is 0.494 e. The molecule has 2 N–H and O–H groups in total. The van der Waals surface area contributed by atoms with Gasteiger partial charge in [-0.1, -0.05) is 38.6 Å². The molecule has 9 heteroatoms. The SMILES string of the molecule is [2H]C([2H])([2H])N(C)CCN(C)c1cc(OC)c(Nc2nccc(N3CC(C)(C)c4ccccc43)n2)cc1NC(=O)C=C. The van der Waals surface area contributed by atoms with Crippen LogP contribution in [0.25, 0.3) is 0 Å². The highest BCUT2D eigenvalue weighted by Crippen LogP contribution is 2.44. The summed E-state index contributed by atoms with van der Waals surface area (Å²) in [5, 5.41) is 6.09. The Morgan fingerprint density at radius 3 is 2.76 bits per heavy atom. The minimum Gasteiger partial charge on any atom is -0.494 e. The summed E-state index contributed by atoms with van der Waals surface area (Å²) in [6.07, 6.45) is 2.89. The van der Waals surface area contributed by atoms with Gasteiger partial charge in [0.15, 0.2) is 0 Å². The number of para-hydroxylation sites is 1. The summed E-state index contributed by atoms with van der Waals surface area (Å²) in [4.78, 5) is 26.9. The van der Waals surface area contributed by atoms with E-state index in [1.165, 1.54) is 16.5 Å². The molecule has 2 aromatic carbocycles. The fourth-order valence-electron chi connectivity index (χ4n) is 4.59.